The van der Waals surface area contributed by atoms with Gasteiger partial charge in [0.2, 0.25) is 5.78 Å². The SMILES string of the molecule is CC(=O)OC1(C)CC(F)(F)C(=O)c2ccccc21. The predicted molar refractivity (Wildman–Crippen MR) is 59.5 cm³/mol. The maximum Gasteiger partial charge on any atom is 0.313 e. The van der Waals surface area contributed by atoms with Crippen molar-refractivity contribution in [2.75, 3.05) is 0 Å². The minimum atomic E-state index is -3.52. The molecule has 2 rings (SSSR count). The first kappa shape index (κ1) is 12.7. The molecule has 0 radical (unpaired) electrons. The summed E-state index contributed by atoms with van der Waals surface area (Å²) in [6.07, 6.45) is -0.824. The van der Waals surface area contributed by atoms with Gasteiger partial charge in [0.15, 0.2) is 0 Å². The second-order valence-corrected chi connectivity index (χ2v) is 4.58. The van der Waals surface area contributed by atoms with Gasteiger partial charge in [0.05, 0.1) is 6.42 Å². The Kier molecular flexibility index (Phi) is 2.72. The first-order valence-corrected chi connectivity index (χ1v) is 5.48. The van der Waals surface area contributed by atoms with E-state index in [9.17, 15) is 18.4 Å². The van der Waals surface area contributed by atoms with E-state index in [1.54, 1.807) is 6.07 Å². The number of Topliss-reactive ketones (excluding diaryl/α,β-unsaturated/α-hetero) is 1. The van der Waals surface area contributed by atoms with Crippen LogP contribution in [0.25, 0.3) is 0 Å². The summed E-state index contributed by atoms with van der Waals surface area (Å²) in [4.78, 5) is 22.7. The number of alkyl halides is 2. The Morgan fingerprint density at radius 1 is 1.33 bits per heavy atom. The van der Waals surface area contributed by atoms with Crippen LogP contribution in [0.15, 0.2) is 24.3 Å². The normalized spacial score (nSPS) is 25.4. The molecular weight excluding hydrogens is 242 g/mol. The number of esters is 1. The van der Waals surface area contributed by atoms with Crippen LogP contribution in [0.2, 0.25) is 0 Å². The molecule has 1 unspecified atom stereocenters. The molecule has 1 aliphatic rings. The van der Waals surface area contributed by atoms with Crippen LogP contribution in [0.5, 0.6) is 0 Å². The maximum atomic E-state index is 13.7. The molecule has 5 heteroatoms. The maximum absolute atomic E-state index is 13.7. The summed E-state index contributed by atoms with van der Waals surface area (Å²) in [5.74, 6) is -5.39. The monoisotopic (exact) mass is 254 g/mol. The molecule has 0 saturated carbocycles. The highest BCUT2D eigenvalue weighted by atomic mass is 19.3. The molecule has 0 heterocycles. The quantitative estimate of drug-likeness (QED) is 0.724. The highest BCUT2D eigenvalue weighted by Crippen LogP contribution is 2.44. The number of halogens is 2. The number of rotatable bonds is 1. The lowest BCUT2D eigenvalue weighted by atomic mass is 9.77. The average molecular weight is 254 g/mol. The van der Waals surface area contributed by atoms with Crippen LogP contribution in [-0.2, 0) is 15.1 Å². The summed E-state index contributed by atoms with van der Waals surface area (Å²) in [6.45, 7) is 2.55. The molecule has 1 atom stereocenters. The third-order valence-corrected chi connectivity index (χ3v) is 3.00. The fraction of sp³-hybridized carbons (Fsp3) is 0.385. The number of hydrogen-bond acceptors (Lipinski definition) is 3. The van der Waals surface area contributed by atoms with Gasteiger partial charge in [-0.25, -0.2) is 0 Å². The molecule has 0 aromatic heterocycles. The van der Waals surface area contributed by atoms with Crippen LogP contribution in [0.4, 0.5) is 8.78 Å². The summed E-state index contributed by atoms with van der Waals surface area (Å²) >= 11 is 0. The van der Waals surface area contributed by atoms with Gasteiger partial charge in [-0.1, -0.05) is 24.3 Å². The summed E-state index contributed by atoms with van der Waals surface area (Å²) in [5.41, 5.74) is -1.23. The van der Waals surface area contributed by atoms with Crippen molar-refractivity contribution in [2.45, 2.75) is 31.8 Å². The van der Waals surface area contributed by atoms with Crippen LogP contribution in [0.1, 0.15) is 36.2 Å². The van der Waals surface area contributed by atoms with Crippen molar-refractivity contribution in [3.8, 4) is 0 Å². The lowest BCUT2D eigenvalue weighted by Crippen LogP contribution is -2.46. The second-order valence-electron chi connectivity index (χ2n) is 4.58. The van der Waals surface area contributed by atoms with E-state index >= 15 is 0 Å². The molecule has 96 valence electrons. The first-order valence-electron chi connectivity index (χ1n) is 5.48. The third-order valence-electron chi connectivity index (χ3n) is 3.00. The van der Waals surface area contributed by atoms with E-state index in [1.165, 1.54) is 25.1 Å². The number of fused-ring (bicyclic) bond motifs is 1. The highest BCUT2D eigenvalue weighted by Gasteiger charge is 2.54. The standard InChI is InChI=1S/C13H12F2O3/c1-8(16)18-12(2)7-13(14,15)11(17)9-5-3-4-6-10(9)12/h3-6H,7H2,1-2H3. The Morgan fingerprint density at radius 2 is 1.94 bits per heavy atom. The summed E-state index contributed by atoms with van der Waals surface area (Å²) < 4.78 is 32.4. The van der Waals surface area contributed by atoms with Gasteiger partial charge in [-0.3, -0.25) is 9.59 Å². The zero-order valence-electron chi connectivity index (χ0n) is 10.00. The van der Waals surface area contributed by atoms with E-state index in [1.807, 2.05) is 0 Å². The van der Waals surface area contributed by atoms with Gasteiger partial charge in [-0.05, 0) is 6.92 Å². The molecule has 0 amide bonds. The smallest absolute Gasteiger partial charge is 0.313 e. The minimum Gasteiger partial charge on any atom is -0.454 e. The zero-order valence-corrected chi connectivity index (χ0v) is 10.00. The largest absolute Gasteiger partial charge is 0.454 e. The molecule has 1 aliphatic carbocycles. The molecule has 1 aromatic carbocycles. The number of carbonyl (C=O) groups excluding carboxylic acids is 2. The number of hydrogen-bond donors (Lipinski definition) is 0. The summed E-state index contributed by atoms with van der Waals surface area (Å²) in [7, 11) is 0. The number of benzene rings is 1. The van der Waals surface area contributed by atoms with Crippen molar-refractivity contribution in [1.29, 1.82) is 0 Å². The van der Waals surface area contributed by atoms with Gasteiger partial charge in [-0.2, -0.15) is 8.78 Å². The Bertz CT molecular complexity index is 525. The summed E-state index contributed by atoms with van der Waals surface area (Å²) in [5, 5.41) is 0. The molecule has 3 nitrogen and oxygen atoms in total. The van der Waals surface area contributed by atoms with E-state index in [-0.39, 0.29) is 5.56 Å². The number of carbonyl (C=O) groups is 2. The van der Waals surface area contributed by atoms with Crippen LogP contribution in [-0.4, -0.2) is 17.7 Å². The van der Waals surface area contributed by atoms with Gasteiger partial charge in [0, 0.05) is 18.1 Å². The van der Waals surface area contributed by atoms with E-state index in [4.69, 9.17) is 4.74 Å². The van der Waals surface area contributed by atoms with Crippen LogP contribution in [0, 0.1) is 0 Å². The minimum absolute atomic E-state index is 0.0856. The molecule has 1 aromatic rings. The van der Waals surface area contributed by atoms with Crippen molar-refractivity contribution in [2.24, 2.45) is 0 Å². The van der Waals surface area contributed by atoms with Crippen LogP contribution < -0.4 is 0 Å². The number of ether oxygens (including phenoxy) is 1. The predicted octanol–water partition coefficient (Wildman–Crippen LogP) is 2.69. The van der Waals surface area contributed by atoms with Crippen LogP contribution in [0.3, 0.4) is 0 Å². The molecule has 0 saturated heterocycles. The van der Waals surface area contributed by atoms with E-state index < -0.39 is 29.7 Å². The van der Waals surface area contributed by atoms with Gasteiger partial charge in [-0.15, -0.1) is 0 Å². The molecule has 0 spiro atoms. The lowest BCUT2D eigenvalue weighted by Gasteiger charge is -2.37. The second kappa shape index (κ2) is 3.86. The van der Waals surface area contributed by atoms with Crippen molar-refractivity contribution < 1.29 is 23.1 Å². The van der Waals surface area contributed by atoms with E-state index in [0.717, 1.165) is 6.92 Å². The Balaban J connectivity index is 2.60. The first-order chi connectivity index (χ1) is 8.26. The van der Waals surface area contributed by atoms with Gasteiger partial charge in [0.1, 0.15) is 5.60 Å². The topological polar surface area (TPSA) is 43.4 Å². The molecular formula is C13H12F2O3. The average Bonchev–Trinajstić information content (AvgIpc) is 2.24. The molecule has 0 bridgehead atoms. The van der Waals surface area contributed by atoms with Gasteiger partial charge < -0.3 is 4.74 Å². The number of ketones is 1. The van der Waals surface area contributed by atoms with Crippen molar-refractivity contribution in [3.63, 3.8) is 0 Å². The van der Waals surface area contributed by atoms with Crippen LogP contribution >= 0.6 is 0 Å². The molecule has 0 fully saturated rings. The Morgan fingerprint density at radius 3 is 2.56 bits per heavy atom. The molecule has 18 heavy (non-hydrogen) atoms. The summed E-state index contributed by atoms with van der Waals surface area (Å²) in [6, 6.07) is 5.99. The lowest BCUT2D eigenvalue weighted by molar-refractivity contribution is -0.164. The highest BCUT2D eigenvalue weighted by molar-refractivity contribution is 6.04. The Labute approximate surface area is 103 Å². The zero-order chi connectivity index (χ0) is 13.6. The fourth-order valence-electron chi connectivity index (χ4n) is 2.35. The molecule has 0 aliphatic heterocycles. The van der Waals surface area contributed by atoms with Gasteiger partial charge in [0.25, 0.3) is 0 Å². The fourth-order valence-corrected chi connectivity index (χ4v) is 2.35. The molecule has 0 N–H and O–H groups in total. The Hall–Kier alpha value is -1.78. The third kappa shape index (κ3) is 1.89. The van der Waals surface area contributed by atoms with Crippen molar-refractivity contribution in [3.05, 3.63) is 35.4 Å². The van der Waals surface area contributed by atoms with E-state index in [0.29, 0.717) is 5.56 Å². The van der Waals surface area contributed by atoms with Crippen molar-refractivity contribution >= 4 is 11.8 Å². The van der Waals surface area contributed by atoms with Gasteiger partial charge >= 0.3 is 11.9 Å². The van der Waals surface area contributed by atoms with Crippen molar-refractivity contribution in [1.82, 2.24) is 0 Å². The van der Waals surface area contributed by atoms with E-state index in [2.05, 4.69) is 0 Å².